The SMILES string of the molecule is CC1(C)c2ccccc2-c2ccc(-c3ccc4ccc(B(O)O)cc4c3)cc21. The van der Waals surface area contributed by atoms with Crippen LogP contribution in [0.3, 0.4) is 0 Å². The number of rotatable bonds is 2. The topological polar surface area (TPSA) is 40.5 Å². The molecule has 0 saturated carbocycles. The molecular weight excluding hydrogens is 343 g/mol. The zero-order valence-electron chi connectivity index (χ0n) is 16.0. The third kappa shape index (κ3) is 2.51. The molecule has 1 aliphatic carbocycles. The number of hydrogen-bond donors (Lipinski definition) is 2. The summed E-state index contributed by atoms with van der Waals surface area (Å²) in [6.07, 6.45) is 0. The Morgan fingerprint density at radius 3 is 2.14 bits per heavy atom. The van der Waals surface area contributed by atoms with Gasteiger partial charge < -0.3 is 10.0 Å². The summed E-state index contributed by atoms with van der Waals surface area (Å²) in [6.45, 7) is 4.58. The van der Waals surface area contributed by atoms with E-state index >= 15 is 0 Å². The van der Waals surface area contributed by atoms with Crippen molar-refractivity contribution in [3.8, 4) is 22.3 Å². The first-order chi connectivity index (χ1) is 13.4. The highest BCUT2D eigenvalue weighted by Crippen LogP contribution is 2.49. The largest absolute Gasteiger partial charge is 0.488 e. The maximum Gasteiger partial charge on any atom is 0.488 e. The van der Waals surface area contributed by atoms with Gasteiger partial charge in [0.1, 0.15) is 0 Å². The molecule has 0 bridgehead atoms. The van der Waals surface area contributed by atoms with E-state index in [-0.39, 0.29) is 5.41 Å². The number of hydrogen-bond acceptors (Lipinski definition) is 2. The zero-order chi connectivity index (χ0) is 19.5. The molecule has 28 heavy (non-hydrogen) atoms. The van der Waals surface area contributed by atoms with Crippen molar-refractivity contribution in [3.05, 3.63) is 90.0 Å². The molecule has 1 aliphatic rings. The predicted molar refractivity (Wildman–Crippen MR) is 117 cm³/mol. The molecule has 4 aromatic rings. The molecule has 2 N–H and O–H groups in total. The minimum Gasteiger partial charge on any atom is -0.423 e. The van der Waals surface area contributed by atoms with Gasteiger partial charge in [0, 0.05) is 5.41 Å². The van der Waals surface area contributed by atoms with E-state index in [1.807, 2.05) is 12.1 Å². The van der Waals surface area contributed by atoms with Crippen LogP contribution in [-0.4, -0.2) is 17.2 Å². The van der Waals surface area contributed by atoms with Crippen molar-refractivity contribution >= 4 is 23.4 Å². The third-order valence-electron chi connectivity index (χ3n) is 6.08. The average molecular weight is 364 g/mol. The van der Waals surface area contributed by atoms with Crippen molar-refractivity contribution in [1.82, 2.24) is 0 Å². The van der Waals surface area contributed by atoms with Crippen LogP contribution in [0.15, 0.2) is 78.9 Å². The van der Waals surface area contributed by atoms with Gasteiger partial charge in [-0.25, -0.2) is 0 Å². The van der Waals surface area contributed by atoms with Crippen LogP contribution in [-0.2, 0) is 5.41 Å². The van der Waals surface area contributed by atoms with Crippen molar-refractivity contribution in [3.63, 3.8) is 0 Å². The molecule has 0 atom stereocenters. The highest BCUT2D eigenvalue weighted by molar-refractivity contribution is 6.58. The van der Waals surface area contributed by atoms with Gasteiger partial charge in [-0.05, 0) is 61.7 Å². The summed E-state index contributed by atoms with van der Waals surface area (Å²) in [6, 6.07) is 27.2. The van der Waals surface area contributed by atoms with Gasteiger partial charge in [0.05, 0.1) is 0 Å². The molecule has 4 aromatic carbocycles. The van der Waals surface area contributed by atoms with Gasteiger partial charge in [-0.1, -0.05) is 80.6 Å². The number of fused-ring (bicyclic) bond motifs is 4. The summed E-state index contributed by atoms with van der Waals surface area (Å²) in [5, 5.41) is 21.0. The fourth-order valence-corrected chi connectivity index (χ4v) is 4.49. The molecule has 2 nitrogen and oxygen atoms in total. The Hall–Kier alpha value is -2.88. The lowest BCUT2D eigenvalue weighted by atomic mass is 9.79. The van der Waals surface area contributed by atoms with Gasteiger partial charge in [0.15, 0.2) is 0 Å². The molecule has 0 amide bonds. The van der Waals surface area contributed by atoms with Crippen LogP contribution in [0.1, 0.15) is 25.0 Å². The van der Waals surface area contributed by atoms with Crippen LogP contribution in [0.2, 0.25) is 0 Å². The maximum atomic E-state index is 9.47. The monoisotopic (exact) mass is 364 g/mol. The first kappa shape index (κ1) is 17.2. The normalized spacial score (nSPS) is 14.0. The molecule has 3 heteroatoms. The lowest BCUT2D eigenvalue weighted by molar-refractivity contribution is 0.426. The Morgan fingerprint density at radius 1 is 0.643 bits per heavy atom. The summed E-state index contributed by atoms with van der Waals surface area (Å²) >= 11 is 0. The van der Waals surface area contributed by atoms with Crippen LogP contribution in [0.5, 0.6) is 0 Å². The lowest BCUT2D eigenvalue weighted by Gasteiger charge is -2.22. The predicted octanol–water partition coefficient (Wildman–Crippen LogP) is 4.49. The summed E-state index contributed by atoms with van der Waals surface area (Å²) in [4.78, 5) is 0. The first-order valence-electron chi connectivity index (χ1n) is 9.60. The minimum atomic E-state index is -1.45. The van der Waals surface area contributed by atoms with Crippen LogP contribution in [0.25, 0.3) is 33.0 Å². The second-order valence-electron chi connectivity index (χ2n) is 8.13. The molecule has 0 saturated heterocycles. The van der Waals surface area contributed by atoms with E-state index in [1.54, 1.807) is 6.07 Å². The van der Waals surface area contributed by atoms with Gasteiger partial charge in [0.25, 0.3) is 0 Å². The molecule has 0 aromatic heterocycles. The minimum absolute atomic E-state index is 0.0209. The van der Waals surface area contributed by atoms with E-state index in [4.69, 9.17) is 0 Å². The Kier molecular flexibility index (Phi) is 3.73. The highest BCUT2D eigenvalue weighted by atomic mass is 16.4. The number of benzene rings is 4. The fourth-order valence-electron chi connectivity index (χ4n) is 4.49. The van der Waals surface area contributed by atoms with E-state index in [9.17, 15) is 10.0 Å². The van der Waals surface area contributed by atoms with Crippen LogP contribution in [0, 0.1) is 0 Å². The van der Waals surface area contributed by atoms with Gasteiger partial charge in [-0.15, -0.1) is 0 Å². The standard InChI is InChI=1S/C25H21BO2/c1-25(2)23-6-4-3-5-21(23)22-12-10-18(15-24(22)25)17-8-7-16-9-11-20(26(27)28)14-19(16)13-17/h3-15,27-28H,1-2H3. The van der Waals surface area contributed by atoms with Gasteiger partial charge in [-0.2, -0.15) is 0 Å². The first-order valence-corrected chi connectivity index (χ1v) is 9.60. The third-order valence-corrected chi connectivity index (χ3v) is 6.08. The summed E-state index contributed by atoms with van der Waals surface area (Å²) in [7, 11) is -1.45. The maximum absolute atomic E-state index is 9.47. The molecule has 0 fully saturated rings. The molecular formula is C25H21BO2. The van der Waals surface area contributed by atoms with Crippen LogP contribution < -0.4 is 5.46 Å². The average Bonchev–Trinajstić information content (AvgIpc) is 2.94. The molecule has 0 radical (unpaired) electrons. The zero-order valence-corrected chi connectivity index (χ0v) is 16.0. The molecule has 0 spiro atoms. The second kappa shape index (κ2) is 6.06. The van der Waals surface area contributed by atoms with Crippen molar-refractivity contribution < 1.29 is 10.0 Å². The van der Waals surface area contributed by atoms with Crippen molar-refractivity contribution in [2.45, 2.75) is 19.3 Å². The van der Waals surface area contributed by atoms with Gasteiger partial charge >= 0.3 is 7.12 Å². The molecule has 0 aliphatic heterocycles. The van der Waals surface area contributed by atoms with Crippen molar-refractivity contribution in [1.29, 1.82) is 0 Å². The van der Waals surface area contributed by atoms with Crippen LogP contribution in [0.4, 0.5) is 0 Å². The van der Waals surface area contributed by atoms with E-state index < -0.39 is 7.12 Å². The Morgan fingerprint density at radius 2 is 1.32 bits per heavy atom. The Bertz CT molecular complexity index is 1220. The molecule has 0 heterocycles. The smallest absolute Gasteiger partial charge is 0.423 e. The summed E-state index contributed by atoms with van der Waals surface area (Å²) in [5.41, 5.74) is 8.17. The van der Waals surface area contributed by atoms with Gasteiger partial charge in [0.2, 0.25) is 0 Å². The molecule has 136 valence electrons. The quantitative estimate of drug-likeness (QED) is 0.515. The Balaban J connectivity index is 1.65. The van der Waals surface area contributed by atoms with E-state index in [1.165, 1.54) is 27.8 Å². The second-order valence-corrected chi connectivity index (χ2v) is 8.13. The fraction of sp³-hybridized carbons (Fsp3) is 0.120. The summed E-state index contributed by atoms with van der Waals surface area (Å²) < 4.78 is 0. The van der Waals surface area contributed by atoms with Crippen LogP contribution >= 0.6 is 0 Å². The van der Waals surface area contributed by atoms with E-state index in [0.717, 1.165) is 16.3 Å². The van der Waals surface area contributed by atoms with E-state index in [0.29, 0.717) is 5.46 Å². The lowest BCUT2D eigenvalue weighted by Crippen LogP contribution is -2.29. The summed E-state index contributed by atoms with van der Waals surface area (Å²) in [5.74, 6) is 0. The van der Waals surface area contributed by atoms with Crippen molar-refractivity contribution in [2.24, 2.45) is 0 Å². The van der Waals surface area contributed by atoms with Gasteiger partial charge in [-0.3, -0.25) is 0 Å². The molecule has 0 unspecified atom stereocenters. The Labute approximate surface area is 165 Å². The van der Waals surface area contributed by atoms with Crippen molar-refractivity contribution in [2.75, 3.05) is 0 Å². The molecule has 5 rings (SSSR count). The van der Waals surface area contributed by atoms with E-state index in [2.05, 4.69) is 74.5 Å². The highest BCUT2D eigenvalue weighted by Gasteiger charge is 2.35.